The van der Waals surface area contributed by atoms with Crippen molar-refractivity contribution in [2.75, 3.05) is 26.6 Å². The molecule has 1 amide bonds. The Balaban J connectivity index is 2.42. The van der Waals surface area contributed by atoms with Crippen LogP contribution in [0.25, 0.3) is 6.08 Å². The summed E-state index contributed by atoms with van der Waals surface area (Å²) in [5.74, 6) is 0.501. The monoisotopic (exact) mass is 406 g/mol. The molecule has 27 heavy (non-hydrogen) atoms. The number of methoxy groups -OCH3 is 3. The summed E-state index contributed by atoms with van der Waals surface area (Å²) in [6, 6.07) is 9.97. The van der Waals surface area contributed by atoms with Gasteiger partial charge in [0.15, 0.2) is 11.5 Å². The van der Waals surface area contributed by atoms with Crippen molar-refractivity contribution in [1.82, 2.24) is 0 Å². The Labute approximate surface area is 166 Å². The van der Waals surface area contributed by atoms with Gasteiger partial charge < -0.3 is 19.5 Å². The number of anilines is 1. The second kappa shape index (κ2) is 9.17. The summed E-state index contributed by atoms with van der Waals surface area (Å²) >= 11 is 12.0. The van der Waals surface area contributed by atoms with Gasteiger partial charge in [-0.3, -0.25) is 4.79 Å². The molecule has 0 saturated carbocycles. The molecule has 0 bridgehead atoms. The van der Waals surface area contributed by atoms with E-state index in [4.69, 9.17) is 37.4 Å². The zero-order valence-electron chi connectivity index (χ0n) is 14.8. The zero-order chi connectivity index (χ0) is 20.0. The molecule has 0 aliphatic carbocycles. The van der Waals surface area contributed by atoms with E-state index in [1.807, 2.05) is 6.07 Å². The number of rotatable bonds is 6. The lowest BCUT2D eigenvalue weighted by Crippen LogP contribution is -2.14. The first-order chi connectivity index (χ1) is 13.0. The second-order valence-electron chi connectivity index (χ2n) is 5.15. The molecule has 140 valence electrons. The van der Waals surface area contributed by atoms with E-state index in [9.17, 15) is 10.1 Å². The topological polar surface area (TPSA) is 80.6 Å². The SMILES string of the molecule is COc1ccc(/C=C(/C#N)C(=O)Nc2cccc(Cl)c2Cl)c(OC)c1OC. The van der Waals surface area contributed by atoms with Gasteiger partial charge in [-0.15, -0.1) is 0 Å². The molecular weight excluding hydrogens is 391 g/mol. The summed E-state index contributed by atoms with van der Waals surface area (Å²) in [7, 11) is 4.41. The quantitative estimate of drug-likeness (QED) is 0.561. The first-order valence-corrected chi connectivity index (χ1v) is 8.38. The second-order valence-corrected chi connectivity index (χ2v) is 5.93. The van der Waals surface area contributed by atoms with Crippen LogP contribution in [-0.4, -0.2) is 27.2 Å². The number of halogens is 2. The summed E-state index contributed by atoms with van der Waals surface area (Å²) in [5, 5.41) is 12.5. The molecule has 0 heterocycles. The summed E-state index contributed by atoms with van der Waals surface area (Å²) < 4.78 is 15.9. The van der Waals surface area contributed by atoms with Crippen molar-refractivity contribution < 1.29 is 19.0 Å². The third-order valence-corrected chi connectivity index (χ3v) is 4.42. The van der Waals surface area contributed by atoms with Crippen molar-refractivity contribution in [2.45, 2.75) is 0 Å². The average molecular weight is 407 g/mol. The summed E-state index contributed by atoms with van der Waals surface area (Å²) in [6.45, 7) is 0. The van der Waals surface area contributed by atoms with Gasteiger partial charge in [0.2, 0.25) is 5.75 Å². The first-order valence-electron chi connectivity index (χ1n) is 7.62. The fourth-order valence-corrected chi connectivity index (χ4v) is 2.68. The predicted octanol–water partition coefficient (Wildman–Crippen LogP) is 4.56. The van der Waals surface area contributed by atoms with E-state index >= 15 is 0 Å². The number of carbonyl (C=O) groups excluding carboxylic acids is 1. The molecule has 0 aromatic heterocycles. The van der Waals surface area contributed by atoms with Crippen LogP contribution in [0, 0.1) is 11.3 Å². The minimum Gasteiger partial charge on any atom is -0.493 e. The van der Waals surface area contributed by atoms with E-state index < -0.39 is 5.91 Å². The van der Waals surface area contributed by atoms with Gasteiger partial charge in [-0.25, -0.2) is 0 Å². The van der Waals surface area contributed by atoms with Crippen molar-refractivity contribution in [1.29, 1.82) is 5.26 Å². The molecule has 0 spiro atoms. The van der Waals surface area contributed by atoms with E-state index in [1.165, 1.54) is 27.4 Å². The van der Waals surface area contributed by atoms with E-state index in [1.54, 1.807) is 30.3 Å². The number of nitriles is 1. The molecule has 0 atom stereocenters. The molecule has 0 unspecified atom stereocenters. The fourth-order valence-electron chi connectivity index (χ4n) is 2.33. The highest BCUT2D eigenvalue weighted by atomic mass is 35.5. The number of ether oxygens (including phenoxy) is 3. The molecule has 0 aliphatic heterocycles. The van der Waals surface area contributed by atoms with Crippen LogP contribution in [0.15, 0.2) is 35.9 Å². The molecule has 1 N–H and O–H groups in total. The lowest BCUT2D eigenvalue weighted by molar-refractivity contribution is -0.112. The highest BCUT2D eigenvalue weighted by Crippen LogP contribution is 2.40. The van der Waals surface area contributed by atoms with Crippen LogP contribution in [-0.2, 0) is 4.79 Å². The number of hydrogen-bond donors (Lipinski definition) is 1. The number of carbonyl (C=O) groups is 1. The normalized spacial score (nSPS) is 10.7. The highest BCUT2D eigenvalue weighted by molar-refractivity contribution is 6.44. The van der Waals surface area contributed by atoms with Crippen molar-refractivity contribution >= 4 is 40.9 Å². The van der Waals surface area contributed by atoms with Gasteiger partial charge in [0.1, 0.15) is 11.6 Å². The van der Waals surface area contributed by atoms with Gasteiger partial charge in [0.25, 0.3) is 5.91 Å². The fraction of sp³-hybridized carbons (Fsp3) is 0.158. The van der Waals surface area contributed by atoms with Gasteiger partial charge in [-0.05, 0) is 30.3 Å². The standard InChI is InChI=1S/C19H16Cl2N2O4/c1-25-15-8-7-11(17(26-2)18(15)27-3)9-12(10-22)19(24)23-14-6-4-5-13(20)16(14)21/h4-9H,1-3H3,(H,23,24)/b12-9-. The zero-order valence-corrected chi connectivity index (χ0v) is 16.3. The smallest absolute Gasteiger partial charge is 0.266 e. The van der Waals surface area contributed by atoms with Crippen LogP contribution in [0.3, 0.4) is 0 Å². The van der Waals surface area contributed by atoms with Gasteiger partial charge in [0, 0.05) is 5.56 Å². The minimum absolute atomic E-state index is 0.156. The Morgan fingerprint density at radius 2 is 1.78 bits per heavy atom. The minimum atomic E-state index is -0.640. The Hall–Kier alpha value is -2.88. The van der Waals surface area contributed by atoms with Crippen LogP contribution >= 0.6 is 23.2 Å². The van der Waals surface area contributed by atoms with Gasteiger partial charge >= 0.3 is 0 Å². The third-order valence-electron chi connectivity index (χ3n) is 3.60. The van der Waals surface area contributed by atoms with E-state index in [0.29, 0.717) is 33.5 Å². The van der Waals surface area contributed by atoms with E-state index in [0.717, 1.165) is 0 Å². The molecule has 8 heteroatoms. The highest BCUT2D eigenvalue weighted by Gasteiger charge is 2.18. The number of benzene rings is 2. The number of nitrogens with zero attached hydrogens (tertiary/aromatic N) is 1. The number of hydrogen-bond acceptors (Lipinski definition) is 5. The first kappa shape index (κ1) is 20.4. The molecule has 0 saturated heterocycles. The van der Waals surface area contributed by atoms with Crippen LogP contribution in [0.1, 0.15) is 5.56 Å². The Kier molecular flexibility index (Phi) is 6.94. The summed E-state index contributed by atoms with van der Waals surface area (Å²) in [5.41, 5.74) is 0.616. The largest absolute Gasteiger partial charge is 0.493 e. The summed E-state index contributed by atoms with van der Waals surface area (Å²) in [6.07, 6.45) is 1.38. The Morgan fingerprint density at radius 3 is 2.37 bits per heavy atom. The molecule has 2 aromatic rings. The van der Waals surface area contributed by atoms with Crippen molar-refractivity contribution in [3.05, 3.63) is 51.5 Å². The average Bonchev–Trinajstić information content (AvgIpc) is 2.68. The van der Waals surface area contributed by atoms with Crippen LogP contribution in [0.4, 0.5) is 5.69 Å². The van der Waals surface area contributed by atoms with Gasteiger partial charge in [0.05, 0.1) is 37.1 Å². The van der Waals surface area contributed by atoms with Crippen LogP contribution in [0.5, 0.6) is 17.2 Å². The van der Waals surface area contributed by atoms with Crippen LogP contribution in [0.2, 0.25) is 10.0 Å². The lowest BCUT2D eigenvalue weighted by atomic mass is 10.1. The van der Waals surface area contributed by atoms with Crippen LogP contribution < -0.4 is 19.5 Å². The van der Waals surface area contributed by atoms with Gasteiger partial charge in [-0.2, -0.15) is 5.26 Å². The molecule has 0 aliphatic rings. The maximum Gasteiger partial charge on any atom is 0.266 e. The van der Waals surface area contributed by atoms with Gasteiger partial charge in [-0.1, -0.05) is 29.3 Å². The van der Waals surface area contributed by atoms with Crippen molar-refractivity contribution in [3.63, 3.8) is 0 Å². The van der Waals surface area contributed by atoms with Crippen molar-refractivity contribution in [3.8, 4) is 23.3 Å². The maximum atomic E-state index is 12.5. The molecule has 2 rings (SSSR count). The third kappa shape index (κ3) is 4.45. The predicted molar refractivity (Wildman–Crippen MR) is 105 cm³/mol. The molecule has 2 aromatic carbocycles. The summed E-state index contributed by atoms with van der Waals surface area (Å²) in [4.78, 5) is 12.5. The number of nitrogens with one attached hydrogen (secondary N) is 1. The van der Waals surface area contributed by atoms with Crippen molar-refractivity contribution in [2.24, 2.45) is 0 Å². The van der Waals surface area contributed by atoms with E-state index in [2.05, 4.69) is 5.32 Å². The molecule has 0 fully saturated rings. The molecule has 6 nitrogen and oxygen atoms in total. The Morgan fingerprint density at radius 1 is 1.07 bits per heavy atom. The maximum absolute atomic E-state index is 12.5. The lowest BCUT2D eigenvalue weighted by Gasteiger charge is -2.14. The molecule has 0 radical (unpaired) electrons. The Bertz CT molecular complexity index is 936. The van der Waals surface area contributed by atoms with E-state index in [-0.39, 0.29) is 10.6 Å². The molecular formula is C19H16Cl2N2O4. The number of amides is 1.